The first-order valence-corrected chi connectivity index (χ1v) is 4.79. The molecular weight excluding hydrogens is 164 g/mol. The standard InChI is InChI=1S/C11H14O2/c1-2-3-5-10-6-8-11(13-10)7-4-9-12-11/h5H,4,6-9H2,1H3. The number of allylic oxidation sites excluding steroid dienone is 2. The van der Waals surface area contributed by atoms with Crippen molar-refractivity contribution in [3.63, 3.8) is 0 Å². The van der Waals surface area contributed by atoms with Crippen LogP contribution in [0.1, 0.15) is 32.6 Å². The van der Waals surface area contributed by atoms with Gasteiger partial charge in [0, 0.05) is 25.3 Å². The molecule has 0 bridgehead atoms. The molecule has 0 aromatic carbocycles. The first-order chi connectivity index (χ1) is 6.35. The summed E-state index contributed by atoms with van der Waals surface area (Å²) in [5.41, 5.74) is 0. The summed E-state index contributed by atoms with van der Waals surface area (Å²) in [6.07, 6.45) is 5.96. The van der Waals surface area contributed by atoms with Crippen LogP contribution in [0.3, 0.4) is 0 Å². The molecule has 1 unspecified atom stereocenters. The Morgan fingerprint density at radius 3 is 3.08 bits per heavy atom. The second kappa shape index (κ2) is 3.43. The maximum atomic E-state index is 5.75. The zero-order valence-electron chi connectivity index (χ0n) is 7.93. The van der Waals surface area contributed by atoms with Crippen molar-refractivity contribution in [3.05, 3.63) is 11.8 Å². The molecule has 2 saturated heterocycles. The third kappa shape index (κ3) is 1.71. The van der Waals surface area contributed by atoms with E-state index in [1.807, 2.05) is 13.0 Å². The molecule has 0 aromatic rings. The average Bonchev–Trinajstić information content (AvgIpc) is 2.74. The summed E-state index contributed by atoms with van der Waals surface area (Å²) in [6, 6.07) is 0. The normalized spacial score (nSPS) is 34.7. The van der Waals surface area contributed by atoms with E-state index in [2.05, 4.69) is 11.8 Å². The molecule has 1 atom stereocenters. The number of hydrogen-bond donors (Lipinski definition) is 0. The van der Waals surface area contributed by atoms with Crippen LogP contribution >= 0.6 is 0 Å². The first kappa shape index (κ1) is 8.65. The number of ether oxygens (including phenoxy) is 2. The molecule has 0 aromatic heterocycles. The van der Waals surface area contributed by atoms with Crippen molar-refractivity contribution in [3.8, 4) is 11.8 Å². The van der Waals surface area contributed by atoms with E-state index in [4.69, 9.17) is 9.47 Å². The lowest BCUT2D eigenvalue weighted by Gasteiger charge is -2.21. The molecule has 0 radical (unpaired) electrons. The van der Waals surface area contributed by atoms with Gasteiger partial charge in [0.15, 0.2) is 0 Å². The van der Waals surface area contributed by atoms with Crippen molar-refractivity contribution in [2.45, 2.75) is 38.4 Å². The summed E-state index contributed by atoms with van der Waals surface area (Å²) in [7, 11) is 0. The summed E-state index contributed by atoms with van der Waals surface area (Å²) in [5.74, 6) is 6.44. The van der Waals surface area contributed by atoms with Gasteiger partial charge in [-0.3, -0.25) is 0 Å². The Labute approximate surface area is 78.9 Å². The summed E-state index contributed by atoms with van der Waals surface area (Å²) in [5, 5.41) is 0. The second-order valence-corrected chi connectivity index (χ2v) is 3.47. The van der Waals surface area contributed by atoms with Crippen LogP contribution < -0.4 is 0 Å². The van der Waals surface area contributed by atoms with Crippen LogP contribution in [0.2, 0.25) is 0 Å². The molecule has 2 rings (SSSR count). The minimum Gasteiger partial charge on any atom is -0.466 e. The van der Waals surface area contributed by atoms with Crippen LogP contribution in [0.5, 0.6) is 0 Å². The van der Waals surface area contributed by atoms with Gasteiger partial charge in [-0.05, 0) is 13.3 Å². The summed E-state index contributed by atoms with van der Waals surface area (Å²) >= 11 is 0. The minimum absolute atomic E-state index is 0.277. The van der Waals surface area contributed by atoms with Gasteiger partial charge < -0.3 is 9.47 Å². The number of hydrogen-bond acceptors (Lipinski definition) is 2. The van der Waals surface area contributed by atoms with Crippen molar-refractivity contribution >= 4 is 0 Å². The van der Waals surface area contributed by atoms with Crippen LogP contribution in [-0.2, 0) is 9.47 Å². The van der Waals surface area contributed by atoms with Gasteiger partial charge in [0.1, 0.15) is 5.76 Å². The zero-order valence-corrected chi connectivity index (χ0v) is 7.93. The molecule has 1 spiro atoms. The molecule has 0 N–H and O–H groups in total. The van der Waals surface area contributed by atoms with E-state index in [0.717, 1.165) is 38.0 Å². The molecule has 2 aliphatic rings. The zero-order chi connectivity index (χ0) is 9.15. The second-order valence-electron chi connectivity index (χ2n) is 3.47. The molecule has 2 aliphatic heterocycles. The van der Waals surface area contributed by atoms with Gasteiger partial charge in [0.2, 0.25) is 5.79 Å². The van der Waals surface area contributed by atoms with Gasteiger partial charge in [-0.1, -0.05) is 5.92 Å². The highest BCUT2D eigenvalue weighted by molar-refractivity contribution is 5.19. The lowest BCUT2D eigenvalue weighted by Crippen LogP contribution is -2.25. The van der Waals surface area contributed by atoms with Gasteiger partial charge in [-0.25, -0.2) is 0 Å². The van der Waals surface area contributed by atoms with Crippen LogP contribution in [0.4, 0.5) is 0 Å². The maximum Gasteiger partial charge on any atom is 0.210 e. The van der Waals surface area contributed by atoms with Crippen molar-refractivity contribution in [2.75, 3.05) is 6.61 Å². The van der Waals surface area contributed by atoms with Crippen LogP contribution in [0.25, 0.3) is 0 Å². The van der Waals surface area contributed by atoms with Gasteiger partial charge in [0.25, 0.3) is 0 Å². The van der Waals surface area contributed by atoms with E-state index < -0.39 is 0 Å². The highest BCUT2D eigenvalue weighted by Gasteiger charge is 2.42. The molecule has 2 heterocycles. The molecular formula is C11H14O2. The Morgan fingerprint density at radius 1 is 1.46 bits per heavy atom. The molecule has 0 amide bonds. The van der Waals surface area contributed by atoms with Crippen LogP contribution in [0, 0.1) is 11.8 Å². The maximum absolute atomic E-state index is 5.75. The Kier molecular flexibility index (Phi) is 2.28. The molecule has 70 valence electrons. The van der Waals surface area contributed by atoms with Crippen molar-refractivity contribution in [1.82, 2.24) is 0 Å². The highest BCUT2D eigenvalue weighted by atomic mass is 16.7. The van der Waals surface area contributed by atoms with Crippen LogP contribution in [0.15, 0.2) is 11.8 Å². The van der Waals surface area contributed by atoms with E-state index in [-0.39, 0.29) is 5.79 Å². The van der Waals surface area contributed by atoms with Gasteiger partial charge >= 0.3 is 0 Å². The highest BCUT2D eigenvalue weighted by Crippen LogP contribution is 2.40. The van der Waals surface area contributed by atoms with Gasteiger partial charge in [-0.2, -0.15) is 0 Å². The minimum atomic E-state index is -0.277. The van der Waals surface area contributed by atoms with E-state index in [1.54, 1.807) is 0 Å². The van der Waals surface area contributed by atoms with Crippen molar-refractivity contribution < 1.29 is 9.47 Å². The third-order valence-electron chi connectivity index (χ3n) is 2.51. The number of rotatable bonds is 0. The summed E-state index contributed by atoms with van der Waals surface area (Å²) in [4.78, 5) is 0. The molecule has 2 heteroatoms. The largest absolute Gasteiger partial charge is 0.466 e. The van der Waals surface area contributed by atoms with Gasteiger partial charge in [0.05, 0.1) is 6.61 Å². The SMILES string of the molecule is CC#CC=C1CCC2(CCCO2)O1. The smallest absolute Gasteiger partial charge is 0.210 e. The third-order valence-corrected chi connectivity index (χ3v) is 2.51. The van der Waals surface area contributed by atoms with Gasteiger partial charge in [-0.15, -0.1) is 5.92 Å². The quantitative estimate of drug-likeness (QED) is 0.529. The van der Waals surface area contributed by atoms with E-state index >= 15 is 0 Å². The topological polar surface area (TPSA) is 18.5 Å². The monoisotopic (exact) mass is 178 g/mol. The van der Waals surface area contributed by atoms with Crippen LogP contribution in [-0.4, -0.2) is 12.4 Å². The fraction of sp³-hybridized carbons (Fsp3) is 0.636. The van der Waals surface area contributed by atoms with E-state index in [1.165, 1.54) is 0 Å². The van der Waals surface area contributed by atoms with E-state index in [9.17, 15) is 0 Å². The molecule has 13 heavy (non-hydrogen) atoms. The Hall–Kier alpha value is -0.940. The molecule has 2 fully saturated rings. The first-order valence-electron chi connectivity index (χ1n) is 4.79. The summed E-state index contributed by atoms with van der Waals surface area (Å²) in [6.45, 7) is 2.67. The lowest BCUT2D eigenvalue weighted by molar-refractivity contribution is -0.162. The lowest BCUT2D eigenvalue weighted by atomic mass is 10.1. The van der Waals surface area contributed by atoms with Crippen molar-refractivity contribution in [1.29, 1.82) is 0 Å². The Morgan fingerprint density at radius 2 is 2.38 bits per heavy atom. The van der Waals surface area contributed by atoms with Crippen molar-refractivity contribution in [2.24, 2.45) is 0 Å². The average molecular weight is 178 g/mol. The predicted octanol–water partition coefficient (Wildman–Crippen LogP) is 2.21. The Balaban J connectivity index is 2.03. The fourth-order valence-electron chi connectivity index (χ4n) is 1.86. The predicted molar refractivity (Wildman–Crippen MR) is 49.8 cm³/mol. The van der Waals surface area contributed by atoms with E-state index in [0.29, 0.717) is 0 Å². The molecule has 0 saturated carbocycles. The molecule has 2 nitrogen and oxygen atoms in total. The molecule has 0 aliphatic carbocycles. The summed E-state index contributed by atoms with van der Waals surface area (Å²) < 4.78 is 11.3. The Bertz CT molecular complexity index is 274. The fourth-order valence-corrected chi connectivity index (χ4v) is 1.86.